The van der Waals surface area contributed by atoms with Gasteiger partial charge in [0.05, 0.1) is 15.9 Å². The highest BCUT2D eigenvalue weighted by Gasteiger charge is 2.42. The summed E-state index contributed by atoms with van der Waals surface area (Å²) in [6, 6.07) is 9.97. The van der Waals surface area contributed by atoms with E-state index < -0.39 is 45.5 Å². The molecule has 0 bridgehead atoms. The van der Waals surface area contributed by atoms with Crippen molar-refractivity contribution in [1.29, 1.82) is 0 Å². The molecule has 0 aliphatic rings. The van der Waals surface area contributed by atoms with Crippen LogP contribution in [0.25, 0.3) is 16.9 Å². The van der Waals surface area contributed by atoms with Crippen molar-refractivity contribution in [1.82, 2.24) is 19.5 Å². The van der Waals surface area contributed by atoms with Gasteiger partial charge in [0.1, 0.15) is 5.56 Å². The van der Waals surface area contributed by atoms with Crippen molar-refractivity contribution in [2.24, 2.45) is 5.14 Å². The van der Waals surface area contributed by atoms with E-state index in [9.17, 15) is 34.8 Å². The second-order valence-corrected chi connectivity index (χ2v) is 8.45. The molecule has 3 N–H and O–H groups in total. The van der Waals surface area contributed by atoms with Gasteiger partial charge in [-0.25, -0.2) is 23.5 Å². The number of hydrogen-bond donors (Lipinski definition) is 2. The number of nitrogens with one attached hydrogen (secondary N) is 1. The maximum atomic E-state index is 13.7. The monoisotopic (exact) mass is 502 g/mol. The van der Waals surface area contributed by atoms with E-state index in [0.717, 1.165) is 6.07 Å². The number of hydrogen-bond acceptors (Lipinski definition) is 6. The van der Waals surface area contributed by atoms with E-state index >= 15 is 0 Å². The van der Waals surface area contributed by atoms with Crippen molar-refractivity contribution in [3.05, 3.63) is 66.1 Å². The number of halogens is 6. The molecule has 0 unspecified atom stereocenters. The van der Waals surface area contributed by atoms with E-state index in [1.165, 1.54) is 42.5 Å². The summed E-state index contributed by atoms with van der Waals surface area (Å²) in [6.07, 6.45) is -9.89. The van der Waals surface area contributed by atoms with E-state index in [4.69, 9.17) is 5.14 Å². The predicted molar refractivity (Wildman–Crippen MR) is 108 cm³/mol. The number of aromatic nitrogens is 4. The molecule has 0 aliphatic carbocycles. The van der Waals surface area contributed by atoms with Crippen LogP contribution in [0.15, 0.2) is 59.6 Å². The molecular formula is C19H12F6N6O2S. The molecule has 0 amide bonds. The van der Waals surface area contributed by atoms with Crippen LogP contribution in [-0.2, 0) is 22.4 Å². The second-order valence-electron chi connectivity index (χ2n) is 6.88. The Hall–Kier alpha value is -3.72. The van der Waals surface area contributed by atoms with Crippen molar-refractivity contribution in [2.45, 2.75) is 17.2 Å². The molecule has 0 fully saturated rings. The molecular weight excluding hydrogens is 490 g/mol. The zero-order valence-electron chi connectivity index (χ0n) is 16.6. The minimum absolute atomic E-state index is 0.0174. The fourth-order valence-corrected chi connectivity index (χ4v) is 3.67. The van der Waals surface area contributed by atoms with Crippen LogP contribution in [0.2, 0.25) is 0 Å². The lowest BCUT2D eigenvalue weighted by molar-refractivity contribution is -0.147. The summed E-state index contributed by atoms with van der Waals surface area (Å²) in [5, 5.41) is 7.54. The van der Waals surface area contributed by atoms with Crippen molar-refractivity contribution in [3.63, 3.8) is 0 Å². The molecule has 178 valence electrons. The number of fused-ring (bicyclic) bond motifs is 1. The molecule has 15 heteroatoms. The predicted octanol–water partition coefficient (Wildman–Crippen LogP) is 4.24. The first-order valence-corrected chi connectivity index (χ1v) is 10.7. The lowest BCUT2D eigenvalue weighted by Gasteiger charge is -2.17. The van der Waals surface area contributed by atoms with E-state index in [1.54, 1.807) is 0 Å². The van der Waals surface area contributed by atoms with Gasteiger partial charge < -0.3 is 5.32 Å². The number of para-hydroxylation sites is 2. The average molecular weight is 502 g/mol. The highest BCUT2D eigenvalue weighted by atomic mass is 32.2. The molecule has 4 aromatic rings. The number of anilines is 2. The number of nitrogens with zero attached hydrogens (tertiary/aromatic N) is 4. The van der Waals surface area contributed by atoms with Gasteiger partial charge in [0.15, 0.2) is 5.82 Å². The molecule has 0 radical (unpaired) electrons. The van der Waals surface area contributed by atoms with E-state index in [-0.39, 0.29) is 26.2 Å². The number of imidazole rings is 1. The Morgan fingerprint density at radius 2 is 1.62 bits per heavy atom. The Kier molecular flexibility index (Phi) is 5.48. The SMILES string of the molecule is NS(=O)(=O)c1cccc(Nc2ncc(C(F)(F)F)c(-n3c(C(F)(F)F)nc4ccccc43)n2)c1. The minimum Gasteiger partial charge on any atom is -0.324 e. The van der Waals surface area contributed by atoms with Gasteiger partial charge in [-0.05, 0) is 30.3 Å². The third kappa shape index (κ3) is 4.51. The van der Waals surface area contributed by atoms with Crippen molar-refractivity contribution < 1.29 is 34.8 Å². The number of primary sulfonamides is 1. The molecule has 4 rings (SSSR count). The lowest BCUT2D eigenvalue weighted by atomic mass is 10.2. The summed E-state index contributed by atoms with van der Waals surface area (Å²) in [5.41, 5.74) is -1.98. The lowest BCUT2D eigenvalue weighted by Crippen LogP contribution is -2.20. The van der Waals surface area contributed by atoms with E-state index in [1.807, 2.05) is 0 Å². The maximum absolute atomic E-state index is 13.7. The van der Waals surface area contributed by atoms with Crippen LogP contribution in [0.3, 0.4) is 0 Å². The average Bonchev–Trinajstić information content (AvgIpc) is 3.13. The van der Waals surface area contributed by atoms with Gasteiger partial charge in [0.2, 0.25) is 21.8 Å². The molecule has 34 heavy (non-hydrogen) atoms. The summed E-state index contributed by atoms with van der Waals surface area (Å²) in [4.78, 5) is 10.4. The number of alkyl halides is 6. The fraction of sp³-hybridized carbons (Fsp3) is 0.105. The first kappa shape index (κ1) is 23.4. The fourth-order valence-electron chi connectivity index (χ4n) is 3.11. The van der Waals surface area contributed by atoms with E-state index in [0.29, 0.717) is 6.20 Å². The zero-order chi connectivity index (χ0) is 24.9. The van der Waals surface area contributed by atoms with Crippen LogP contribution in [0.4, 0.5) is 38.0 Å². The summed E-state index contributed by atoms with van der Waals surface area (Å²) in [6.45, 7) is 0. The second kappa shape index (κ2) is 7.95. The van der Waals surface area contributed by atoms with Gasteiger partial charge in [-0.2, -0.15) is 31.3 Å². The maximum Gasteiger partial charge on any atom is 0.450 e. The van der Waals surface area contributed by atoms with Crippen LogP contribution in [0.1, 0.15) is 11.4 Å². The highest BCUT2D eigenvalue weighted by Crippen LogP contribution is 2.38. The van der Waals surface area contributed by atoms with Crippen LogP contribution in [-0.4, -0.2) is 27.9 Å². The van der Waals surface area contributed by atoms with Gasteiger partial charge >= 0.3 is 12.4 Å². The Morgan fingerprint density at radius 1 is 0.912 bits per heavy atom. The highest BCUT2D eigenvalue weighted by molar-refractivity contribution is 7.89. The quantitative estimate of drug-likeness (QED) is 0.404. The molecule has 8 nitrogen and oxygen atoms in total. The summed E-state index contributed by atoms with van der Waals surface area (Å²) < 4.78 is 106. The number of nitrogens with two attached hydrogens (primary N) is 1. The topological polar surface area (TPSA) is 116 Å². The smallest absolute Gasteiger partial charge is 0.324 e. The van der Waals surface area contributed by atoms with Gasteiger partial charge in [-0.1, -0.05) is 18.2 Å². The summed E-state index contributed by atoms with van der Waals surface area (Å²) in [7, 11) is -4.10. The van der Waals surface area contributed by atoms with Crippen LogP contribution in [0.5, 0.6) is 0 Å². The van der Waals surface area contributed by atoms with E-state index in [2.05, 4.69) is 20.3 Å². The third-order valence-corrected chi connectivity index (χ3v) is 5.43. The molecule has 0 atom stereocenters. The number of benzene rings is 2. The summed E-state index contributed by atoms with van der Waals surface area (Å²) in [5.74, 6) is -3.26. The Balaban J connectivity index is 1.93. The standard InChI is InChI=1S/C19H12F6N6O2S/c20-18(21,22)12-9-27-17(28-10-4-3-5-11(8-10)34(26,32)33)30-15(12)31-14-7-2-1-6-13(14)29-16(31)19(23,24)25/h1-9H,(H2,26,32,33)(H,27,28,30). The first-order valence-electron chi connectivity index (χ1n) is 9.14. The van der Waals surface area contributed by atoms with Crippen molar-refractivity contribution in [2.75, 3.05) is 5.32 Å². The van der Waals surface area contributed by atoms with Crippen LogP contribution < -0.4 is 10.5 Å². The number of rotatable bonds is 4. The Bertz CT molecular complexity index is 1500. The summed E-state index contributed by atoms with van der Waals surface area (Å²) >= 11 is 0. The zero-order valence-corrected chi connectivity index (χ0v) is 17.4. The van der Waals surface area contributed by atoms with Gasteiger partial charge in [-0.3, -0.25) is 4.57 Å². The molecule has 2 aromatic heterocycles. The first-order chi connectivity index (χ1) is 15.7. The molecule has 2 aromatic carbocycles. The molecule has 0 saturated heterocycles. The van der Waals surface area contributed by atoms with Gasteiger partial charge in [0.25, 0.3) is 0 Å². The molecule has 0 aliphatic heterocycles. The largest absolute Gasteiger partial charge is 0.450 e. The number of sulfonamides is 1. The van der Waals surface area contributed by atoms with Crippen molar-refractivity contribution >= 4 is 32.7 Å². The Labute approximate surface area is 187 Å². The molecule has 2 heterocycles. The molecule has 0 spiro atoms. The van der Waals surface area contributed by atoms with Gasteiger partial charge in [0, 0.05) is 11.9 Å². The molecule has 0 saturated carbocycles. The normalized spacial score (nSPS) is 12.8. The van der Waals surface area contributed by atoms with Crippen LogP contribution in [0, 0.1) is 0 Å². The van der Waals surface area contributed by atoms with Crippen molar-refractivity contribution in [3.8, 4) is 5.82 Å². The van der Waals surface area contributed by atoms with Gasteiger partial charge in [-0.15, -0.1) is 0 Å². The third-order valence-electron chi connectivity index (χ3n) is 4.52. The Morgan fingerprint density at radius 3 is 2.26 bits per heavy atom. The van der Waals surface area contributed by atoms with Crippen LogP contribution >= 0.6 is 0 Å². The minimum atomic E-state index is -5.11.